The number of nitrogens with two attached hydrogens (primary N) is 1. The van der Waals surface area contributed by atoms with E-state index in [1.807, 2.05) is 18.2 Å². The van der Waals surface area contributed by atoms with Crippen molar-refractivity contribution >= 4 is 0 Å². The van der Waals surface area contributed by atoms with Gasteiger partial charge in [-0.3, -0.25) is 4.98 Å². The van der Waals surface area contributed by atoms with Crippen LogP contribution in [0, 0.1) is 0 Å². The van der Waals surface area contributed by atoms with E-state index in [1.54, 1.807) is 6.20 Å². The fourth-order valence-electron chi connectivity index (χ4n) is 1.14. The molecule has 3 heteroatoms. The molecule has 0 bridgehead atoms. The number of rotatable bonds is 4. The average Bonchev–Trinajstić information content (AvgIpc) is 2.15. The van der Waals surface area contributed by atoms with Gasteiger partial charge in [-0.2, -0.15) is 0 Å². The van der Waals surface area contributed by atoms with E-state index < -0.39 is 0 Å². The quantitative estimate of drug-likeness (QED) is 0.690. The molecule has 1 aromatic rings. The molecule has 1 unspecified atom stereocenters. The van der Waals surface area contributed by atoms with E-state index in [2.05, 4.69) is 17.2 Å². The van der Waals surface area contributed by atoms with Crippen LogP contribution in [0.5, 0.6) is 0 Å². The molecule has 0 aliphatic heterocycles. The summed E-state index contributed by atoms with van der Waals surface area (Å²) in [7, 11) is 0. The van der Waals surface area contributed by atoms with Crippen molar-refractivity contribution in [3.05, 3.63) is 30.1 Å². The Morgan fingerprint density at radius 3 is 2.92 bits per heavy atom. The second kappa shape index (κ2) is 4.85. The van der Waals surface area contributed by atoms with Gasteiger partial charge in [-0.05, 0) is 18.7 Å². The largest absolute Gasteiger partial charge is 0.329 e. The van der Waals surface area contributed by atoms with E-state index in [-0.39, 0.29) is 6.04 Å². The van der Waals surface area contributed by atoms with Gasteiger partial charge in [0.1, 0.15) is 0 Å². The van der Waals surface area contributed by atoms with Crippen molar-refractivity contribution in [2.75, 3.05) is 13.1 Å². The molecule has 1 aromatic heterocycles. The third-order valence-electron chi connectivity index (χ3n) is 1.73. The lowest BCUT2D eigenvalue weighted by Gasteiger charge is -2.14. The van der Waals surface area contributed by atoms with Crippen LogP contribution in [0.4, 0.5) is 0 Å². The molecule has 66 valence electrons. The van der Waals surface area contributed by atoms with Crippen molar-refractivity contribution in [1.82, 2.24) is 10.3 Å². The van der Waals surface area contributed by atoms with Gasteiger partial charge in [0.05, 0.1) is 11.7 Å². The summed E-state index contributed by atoms with van der Waals surface area (Å²) in [6.07, 6.45) is 1.79. The first-order valence-electron chi connectivity index (χ1n) is 4.22. The van der Waals surface area contributed by atoms with Crippen molar-refractivity contribution < 1.29 is 0 Å². The Kier molecular flexibility index (Phi) is 3.70. The van der Waals surface area contributed by atoms with Crippen molar-refractivity contribution in [2.24, 2.45) is 5.73 Å². The molecule has 1 atom stereocenters. The van der Waals surface area contributed by atoms with Gasteiger partial charge < -0.3 is 11.1 Å². The van der Waals surface area contributed by atoms with Crippen LogP contribution >= 0.6 is 0 Å². The molecule has 0 saturated heterocycles. The fourth-order valence-corrected chi connectivity index (χ4v) is 1.14. The van der Waals surface area contributed by atoms with Gasteiger partial charge in [0.25, 0.3) is 0 Å². The molecule has 1 rings (SSSR count). The van der Waals surface area contributed by atoms with Crippen molar-refractivity contribution in [2.45, 2.75) is 13.0 Å². The number of hydrogen-bond acceptors (Lipinski definition) is 3. The molecule has 0 fully saturated rings. The molecule has 0 amide bonds. The van der Waals surface area contributed by atoms with Crippen molar-refractivity contribution in [3.63, 3.8) is 0 Å². The standard InChI is InChI=1S/C9H15N3/c1-2-11-9(7-10)8-5-3-4-6-12-8/h3-6,9,11H,2,7,10H2,1H3. The predicted molar refractivity (Wildman–Crippen MR) is 49.7 cm³/mol. The number of hydrogen-bond donors (Lipinski definition) is 2. The van der Waals surface area contributed by atoms with Crippen molar-refractivity contribution in [1.29, 1.82) is 0 Å². The van der Waals surface area contributed by atoms with Gasteiger partial charge in [0, 0.05) is 12.7 Å². The molecule has 3 nitrogen and oxygen atoms in total. The molecule has 0 aliphatic carbocycles. The normalized spacial score (nSPS) is 12.8. The molecule has 3 N–H and O–H groups in total. The molecule has 1 heterocycles. The third kappa shape index (κ3) is 2.29. The number of nitrogens with one attached hydrogen (secondary N) is 1. The first-order valence-corrected chi connectivity index (χ1v) is 4.22. The number of pyridine rings is 1. The first kappa shape index (κ1) is 9.16. The van der Waals surface area contributed by atoms with Gasteiger partial charge in [-0.25, -0.2) is 0 Å². The summed E-state index contributed by atoms with van der Waals surface area (Å²) in [5.74, 6) is 0. The Morgan fingerprint density at radius 2 is 2.42 bits per heavy atom. The third-order valence-corrected chi connectivity index (χ3v) is 1.73. The zero-order valence-electron chi connectivity index (χ0n) is 7.33. The summed E-state index contributed by atoms with van der Waals surface area (Å²) in [6, 6.07) is 6.06. The summed E-state index contributed by atoms with van der Waals surface area (Å²) >= 11 is 0. The summed E-state index contributed by atoms with van der Waals surface area (Å²) in [5, 5.41) is 3.26. The lowest BCUT2D eigenvalue weighted by atomic mass is 10.2. The van der Waals surface area contributed by atoms with E-state index in [9.17, 15) is 0 Å². The highest BCUT2D eigenvalue weighted by molar-refractivity contribution is 5.08. The second-order valence-electron chi connectivity index (χ2n) is 2.60. The Bertz CT molecular complexity index is 210. The molecular formula is C9H15N3. The van der Waals surface area contributed by atoms with E-state index in [1.165, 1.54) is 0 Å². The van der Waals surface area contributed by atoms with E-state index in [0.29, 0.717) is 6.54 Å². The molecule has 0 aromatic carbocycles. The number of likely N-dealkylation sites (N-methyl/N-ethyl adjacent to an activating group) is 1. The summed E-state index contributed by atoms with van der Waals surface area (Å²) in [5.41, 5.74) is 6.60. The van der Waals surface area contributed by atoms with Crippen LogP contribution in [0.1, 0.15) is 18.7 Å². The lowest BCUT2D eigenvalue weighted by molar-refractivity contribution is 0.548. The van der Waals surface area contributed by atoms with Gasteiger partial charge >= 0.3 is 0 Å². The summed E-state index contributed by atoms with van der Waals surface area (Å²) in [6.45, 7) is 3.56. The average molecular weight is 165 g/mol. The van der Waals surface area contributed by atoms with Gasteiger partial charge in [0.15, 0.2) is 0 Å². The van der Waals surface area contributed by atoms with E-state index >= 15 is 0 Å². The maximum Gasteiger partial charge on any atom is 0.0619 e. The molecular weight excluding hydrogens is 150 g/mol. The zero-order valence-corrected chi connectivity index (χ0v) is 7.33. The number of nitrogens with zero attached hydrogens (tertiary/aromatic N) is 1. The fraction of sp³-hybridized carbons (Fsp3) is 0.444. The minimum absolute atomic E-state index is 0.191. The maximum absolute atomic E-state index is 5.59. The molecule has 0 aliphatic rings. The molecule has 0 radical (unpaired) electrons. The van der Waals surface area contributed by atoms with Crippen LogP contribution in [-0.2, 0) is 0 Å². The van der Waals surface area contributed by atoms with Gasteiger partial charge in [0.2, 0.25) is 0 Å². The van der Waals surface area contributed by atoms with Crippen LogP contribution in [0.15, 0.2) is 24.4 Å². The highest BCUT2D eigenvalue weighted by Gasteiger charge is 2.07. The van der Waals surface area contributed by atoms with Crippen LogP contribution in [0.25, 0.3) is 0 Å². The van der Waals surface area contributed by atoms with Crippen molar-refractivity contribution in [3.8, 4) is 0 Å². The van der Waals surface area contributed by atoms with E-state index in [0.717, 1.165) is 12.2 Å². The van der Waals surface area contributed by atoms with Crippen LogP contribution < -0.4 is 11.1 Å². The molecule has 12 heavy (non-hydrogen) atoms. The highest BCUT2D eigenvalue weighted by Crippen LogP contribution is 2.06. The Labute approximate surface area is 73.0 Å². The van der Waals surface area contributed by atoms with E-state index in [4.69, 9.17) is 5.73 Å². The SMILES string of the molecule is CCNC(CN)c1ccccn1. The molecule has 0 spiro atoms. The van der Waals surface area contributed by atoms with Gasteiger partial charge in [-0.15, -0.1) is 0 Å². The predicted octanol–water partition coefficient (Wildman–Crippen LogP) is 0.691. The maximum atomic E-state index is 5.59. The smallest absolute Gasteiger partial charge is 0.0619 e. The minimum Gasteiger partial charge on any atom is -0.329 e. The summed E-state index contributed by atoms with van der Waals surface area (Å²) < 4.78 is 0. The second-order valence-corrected chi connectivity index (χ2v) is 2.60. The highest BCUT2D eigenvalue weighted by atomic mass is 14.9. The van der Waals surface area contributed by atoms with Crippen LogP contribution in [0.2, 0.25) is 0 Å². The van der Waals surface area contributed by atoms with Crippen LogP contribution in [-0.4, -0.2) is 18.1 Å². The Balaban J connectivity index is 2.66. The first-order chi connectivity index (χ1) is 5.88. The number of aromatic nitrogens is 1. The Hall–Kier alpha value is -0.930. The molecule has 0 saturated carbocycles. The Morgan fingerprint density at radius 1 is 1.58 bits per heavy atom. The van der Waals surface area contributed by atoms with Crippen LogP contribution in [0.3, 0.4) is 0 Å². The van der Waals surface area contributed by atoms with Gasteiger partial charge in [-0.1, -0.05) is 13.0 Å². The topological polar surface area (TPSA) is 50.9 Å². The monoisotopic (exact) mass is 165 g/mol. The summed E-state index contributed by atoms with van der Waals surface area (Å²) in [4.78, 5) is 4.23. The lowest BCUT2D eigenvalue weighted by Crippen LogP contribution is -2.28. The minimum atomic E-state index is 0.191. The zero-order chi connectivity index (χ0) is 8.81.